The lowest BCUT2D eigenvalue weighted by molar-refractivity contribution is 0.276. The molecule has 0 aromatic heterocycles. The van der Waals surface area contributed by atoms with E-state index in [0.29, 0.717) is 5.41 Å². The maximum Gasteiger partial charge on any atom is 0.0512 e. The molecule has 1 fully saturated rings. The van der Waals surface area contributed by atoms with Crippen LogP contribution in [-0.4, -0.2) is 13.1 Å². The van der Waals surface area contributed by atoms with E-state index >= 15 is 0 Å². The van der Waals surface area contributed by atoms with Crippen LogP contribution in [0.5, 0.6) is 0 Å². The summed E-state index contributed by atoms with van der Waals surface area (Å²) in [4.78, 5) is 2.36. The molecule has 76 valence electrons. The van der Waals surface area contributed by atoms with Crippen molar-refractivity contribution in [3.05, 3.63) is 22.7 Å². The lowest BCUT2D eigenvalue weighted by atomic mass is 9.84. The Morgan fingerprint density at radius 3 is 2.50 bits per heavy atom. The first kappa shape index (κ1) is 9.84. The Kier molecular flexibility index (Phi) is 2.22. The molecule has 1 saturated heterocycles. The van der Waals surface area contributed by atoms with Crippen molar-refractivity contribution in [2.24, 2.45) is 5.41 Å². The highest BCUT2D eigenvalue weighted by molar-refractivity contribution is 9.10. The fourth-order valence-corrected chi connectivity index (χ4v) is 2.58. The van der Waals surface area contributed by atoms with Gasteiger partial charge in [0.15, 0.2) is 0 Å². The normalized spacial score (nSPS) is 19.2. The summed E-state index contributed by atoms with van der Waals surface area (Å²) in [5, 5.41) is 0. The van der Waals surface area contributed by atoms with Crippen LogP contribution in [0.4, 0.5) is 11.4 Å². The molecule has 0 unspecified atom stereocenters. The zero-order valence-electron chi connectivity index (χ0n) is 8.55. The van der Waals surface area contributed by atoms with Crippen LogP contribution in [0.3, 0.4) is 0 Å². The topological polar surface area (TPSA) is 29.3 Å². The van der Waals surface area contributed by atoms with Gasteiger partial charge < -0.3 is 10.6 Å². The molecule has 0 atom stereocenters. The minimum Gasteiger partial charge on any atom is -0.399 e. The number of nitrogen functional groups attached to an aromatic ring is 1. The van der Waals surface area contributed by atoms with Gasteiger partial charge in [0.25, 0.3) is 0 Å². The van der Waals surface area contributed by atoms with Crippen molar-refractivity contribution in [2.45, 2.75) is 13.8 Å². The number of nitrogens with zero attached hydrogens (tertiary/aromatic N) is 1. The molecular formula is C11H15BrN2. The van der Waals surface area contributed by atoms with Crippen LogP contribution in [0.25, 0.3) is 0 Å². The number of hydrogen-bond acceptors (Lipinski definition) is 2. The quantitative estimate of drug-likeness (QED) is 0.782. The summed E-state index contributed by atoms with van der Waals surface area (Å²) >= 11 is 3.54. The van der Waals surface area contributed by atoms with Crippen LogP contribution < -0.4 is 10.6 Å². The van der Waals surface area contributed by atoms with Crippen molar-refractivity contribution >= 4 is 27.3 Å². The van der Waals surface area contributed by atoms with Gasteiger partial charge in [-0.3, -0.25) is 0 Å². The molecular weight excluding hydrogens is 240 g/mol. The van der Waals surface area contributed by atoms with Crippen molar-refractivity contribution in [3.63, 3.8) is 0 Å². The first-order chi connectivity index (χ1) is 6.48. The van der Waals surface area contributed by atoms with Gasteiger partial charge in [0.2, 0.25) is 0 Å². The molecule has 0 spiro atoms. The van der Waals surface area contributed by atoms with Gasteiger partial charge in [-0.2, -0.15) is 0 Å². The summed E-state index contributed by atoms with van der Waals surface area (Å²) in [6.45, 7) is 6.81. The van der Waals surface area contributed by atoms with Crippen LogP contribution >= 0.6 is 15.9 Å². The standard InChI is InChI=1S/C11H15BrN2/c1-11(2)6-14(7-11)10-4-3-8(13)5-9(10)12/h3-5H,6-7,13H2,1-2H3. The molecule has 2 rings (SSSR count). The summed E-state index contributed by atoms with van der Waals surface area (Å²) in [5.74, 6) is 0. The first-order valence-electron chi connectivity index (χ1n) is 4.78. The summed E-state index contributed by atoms with van der Waals surface area (Å²) in [5.41, 5.74) is 8.21. The van der Waals surface area contributed by atoms with Crippen LogP contribution in [0.2, 0.25) is 0 Å². The molecule has 1 aromatic carbocycles. The van der Waals surface area contributed by atoms with Gasteiger partial charge in [-0.05, 0) is 39.5 Å². The van der Waals surface area contributed by atoms with Crippen molar-refractivity contribution in [3.8, 4) is 0 Å². The average Bonchev–Trinajstić information content (AvgIpc) is 2.00. The van der Waals surface area contributed by atoms with E-state index < -0.39 is 0 Å². The molecule has 2 N–H and O–H groups in total. The van der Waals surface area contributed by atoms with Crippen LogP contribution in [0, 0.1) is 5.41 Å². The molecule has 0 bridgehead atoms. The highest BCUT2D eigenvalue weighted by atomic mass is 79.9. The third-order valence-electron chi connectivity index (χ3n) is 2.55. The number of hydrogen-bond donors (Lipinski definition) is 1. The number of anilines is 2. The van der Waals surface area contributed by atoms with E-state index in [1.807, 2.05) is 12.1 Å². The molecule has 14 heavy (non-hydrogen) atoms. The average molecular weight is 255 g/mol. The van der Waals surface area contributed by atoms with Gasteiger partial charge in [0.05, 0.1) is 5.69 Å². The maximum atomic E-state index is 5.69. The zero-order valence-corrected chi connectivity index (χ0v) is 10.1. The Bertz CT molecular complexity index is 352. The first-order valence-corrected chi connectivity index (χ1v) is 5.57. The van der Waals surface area contributed by atoms with E-state index in [0.717, 1.165) is 23.2 Å². The van der Waals surface area contributed by atoms with E-state index in [9.17, 15) is 0 Å². The predicted octanol–water partition coefficient (Wildman–Crippen LogP) is 2.88. The summed E-state index contributed by atoms with van der Waals surface area (Å²) in [6, 6.07) is 5.99. The lowest BCUT2D eigenvalue weighted by Crippen LogP contribution is -2.53. The molecule has 1 heterocycles. The summed E-state index contributed by atoms with van der Waals surface area (Å²) in [6.07, 6.45) is 0. The minimum atomic E-state index is 0.459. The molecule has 0 saturated carbocycles. The second kappa shape index (κ2) is 3.16. The molecule has 0 radical (unpaired) electrons. The zero-order chi connectivity index (χ0) is 10.3. The molecule has 1 aromatic rings. The smallest absolute Gasteiger partial charge is 0.0512 e. The highest BCUT2D eigenvalue weighted by Gasteiger charge is 2.34. The second-order valence-electron chi connectivity index (χ2n) is 4.73. The number of halogens is 1. The molecule has 2 nitrogen and oxygen atoms in total. The second-order valence-corrected chi connectivity index (χ2v) is 5.59. The van der Waals surface area contributed by atoms with Gasteiger partial charge in [-0.15, -0.1) is 0 Å². The molecule has 1 aliphatic heterocycles. The molecule has 1 aliphatic rings. The largest absolute Gasteiger partial charge is 0.399 e. The van der Waals surface area contributed by atoms with E-state index in [2.05, 4.69) is 40.7 Å². The molecule has 0 aliphatic carbocycles. The number of benzene rings is 1. The van der Waals surface area contributed by atoms with E-state index in [1.54, 1.807) is 0 Å². The Balaban J connectivity index is 2.19. The van der Waals surface area contributed by atoms with Crippen molar-refractivity contribution in [1.82, 2.24) is 0 Å². The molecule has 0 amide bonds. The predicted molar refractivity (Wildman–Crippen MR) is 64.5 cm³/mol. The summed E-state index contributed by atoms with van der Waals surface area (Å²) < 4.78 is 1.09. The van der Waals surface area contributed by atoms with Crippen molar-refractivity contribution < 1.29 is 0 Å². The van der Waals surface area contributed by atoms with Gasteiger partial charge in [-0.1, -0.05) is 13.8 Å². The summed E-state index contributed by atoms with van der Waals surface area (Å²) in [7, 11) is 0. The van der Waals surface area contributed by atoms with Gasteiger partial charge in [0.1, 0.15) is 0 Å². The lowest BCUT2D eigenvalue weighted by Gasteiger charge is -2.47. The minimum absolute atomic E-state index is 0.459. The molecule has 3 heteroatoms. The van der Waals surface area contributed by atoms with Crippen LogP contribution in [0.1, 0.15) is 13.8 Å². The SMILES string of the molecule is CC1(C)CN(c2ccc(N)cc2Br)C1. The van der Waals surface area contributed by atoms with Crippen molar-refractivity contribution in [1.29, 1.82) is 0 Å². The van der Waals surface area contributed by atoms with E-state index in [1.165, 1.54) is 5.69 Å². The Labute approximate surface area is 93.2 Å². The van der Waals surface area contributed by atoms with Gasteiger partial charge >= 0.3 is 0 Å². The third-order valence-corrected chi connectivity index (χ3v) is 3.19. The monoisotopic (exact) mass is 254 g/mol. The number of rotatable bonds is 1. The fourth-order valence-electron chi connectivity index (χ4n) is 1.94. The Morgan fingerprint density at radius 1 is 1.36 bits per heavy atom. The Hall–Kier alpha value is -0.700. The van der Waals surface area contributed by atoms with E-state index in [-0.39, 0.29) is 0 Å². The third kappa shape index (κ3) is 1.73. The van der Waals surface area contributed by atoms with Crippen LogP contribution in [-0.2, 0) is 0 Å². The van der Waals surface area contributed by atoms with E-state index in [4.69, 9.17) is 5.73 Å². The fraction of sp³-hybridized carbons (Fsp3) is 0.455. The Morgan fingerprint density at radius 2 is 2.00 bits per heavy atom. The van der Waals surface area contributed by atoms with Crippen LogP contribution in [0.15, 0.2) is 22.7 Å². The highest BCUT2D eigenvalue weighted by Crippen LogP contribution is 2.37. The number of nitrogens with two attached hydrogens (primary N) is 1. The maximum absolute atomic E-state index is 5.69. The van der Waals surface area contributed by atoms with Crippen molar-refractivity contribution in [2.75, 3.05) is 23.7 Å². The van der Waals surface area contributed by atoms with Gasteiger partial charge in [-0.25, -0.2) is 0 Å². The van der Waals surface area contributed by atoms with Gasteiger partial charge in [0, 0.05) is 23.2 Å².